The molecular weight excluding hydrogens is 307 g/mol. The SMILES string of the molecule is Cc1cc(C)nc(-n2cc(-c3ccc(C(F)(F)F)cc3)nn2)n1. The molecule has 0 amide bonds. The summed E-state index contributed by atoms with van der Waals surface area (Å²) in [6, 6.07) is 6.58. The molecular formula is C15H12F3N5. The van der Waals surface area contributed by atoms with Gasteiger partial charge in [-0.1, -0.05) is 17.3 Å². The number of aromatic nitrogens is 5. The molecule has 3 aromatic rings. The number of hydrogen-bond donors (Lipinski definition) is 0. The van der Waals surface area contributed by atoms with E-state index in [1.165, 1.54) is 16.8 Å². The molecule has 118 valence electrons. The largest absolute Gasteiger partial charge is 0.416 e. The van der Waals surface area contributed by atoms with Crippen molar-refractivity contribution in [3.05, 3.63) is 53.5 Å². The highest BCUT2D eigenvalue weighted by atomic mass is 19.4. The fourth-order valence-corrected chi connectivity index (χ4v) is 2.13. The van der Waals surface area contributed by atoms with Crippen LogP contribution in [0.15, 0.2) is 36.5 Å². The zero-order valence-corrected chi connectivity index (χ0v) is 12.3. The molecule has 0 radical (unpaired) electrons. The highest BCUT2D eigenvalue weighted by Crippen LogP contribution is 2.30. The smallest absolute Gasteiger partial charge is 0.216 e. The van der Waals surface area contributed by atoms with Crippen LogP contribution in [0.4, 0.5) is 13.2 Å². The second kappa shape index (κ2) is 5.45. The van der Waals surface area contributed by atoms with Crippen LogP contribution in [0.1, 0.15) is 17.0 Å². The Morgan fingerprint density at radius 2 is 1.57 bits per heavy atom. The second-order valence-electron chi connectivity index (χ2n) is 5.07. The van der Waals surface area contributed by atoms with E-state index in [0.29, 0.717) is 17.2 Å². The van der Waals surface area contributed by atoms with Crippen molar-refractivity contribution in [2.45, 2.75) is 20.0 Å². The molecule has 0 aliphatic rings. The fourth-order valence-electron chi connectivity index (χ4n) is 2.13. The van der Waals surface area contributed by atoms with E-state index in [1.807, 2.05) is 19.9 Å². The zero-order valence-electron chi connectivity index (χ0n) is 12.3. The molecule has 0 aliphatic carbocycles. The molecule has 23 heavy (non-hydrogen) atoms. The molecule has 0 spiro atoms. The molecule has 0 fully saturated rings. The third kappa shape index (κ3) is 3.20. The predicted molar refractivity (Wildman–Crippen MR) is 76.9 cm³/mol. The van der Waals surface area contributed by atoms with E-state index in [-0.39, 0.29) is 0 Å². The zero-order chi connectivity index (χ0) is 16.6. The number of hydrogen-bond acceptors (Lipinski definition) is 4. The van der Waals surface area contributed by atoms with Crippen LogP contribution >= 0.6 is 0 Å². The monoisotopic (exact) mass is 319 g/mol. The molecule has 2 aromatic heterocycles. The molecule has 1 aromatic carbocycles. The molecule has 0 aliphatic heterocycles. The molecule has 3 rings (SSSR count). The van der Waals surface area contributed by atoms with Crippen molar-refractivity contribution in [2.24, 2.45) is 0 Å². The molecule has 0 atom stereocenters. The van der Waals surface area contributed by atoms with Crippen LogP contribution in [-0.4, -0.2) is 25.0 Å². The minimum absolute atomic E-state index is 0.369. The van der Waals surface area contributed by atoms with Crippen molar-refractivity contribution < 1.29 is 13.2 Å². The molecule has 0 saturated heterocycles. The lowest BCUT2D eigenvalue weighted by Gasteiger charge is -2.06. The summed E-state index contributed by atoms with van der Waals surface area (Å²) in [4.78, 5) is 8.52. The molecule has 0 N–H and O–H groups in total. The van der Waals surface area contributed by atoms with Gasteiger partial charge in [0, 0.05) is 17.0 Å². The van der Waals surface area contributed by atoms with Gasteiger partial charge in [0.05, 0.1) is 11.8 Å². The van der Waals surface area contributed by atoms with E-state index >= 15 is 0 Å². The summed E-state index contributed by atoms with van der Waals surface area (Å²) in [5.41, 5.74) is 1.86. The molecule has 5 nitrogen and oxygen atoms in total. The van der Waals surface area contributed by atoms with E-state index in [2.05, 4.69) is 20.3 Å². The lowest BCUT2D eigenvalue weighted by Crippen LogP contribution is -2.04. The van der Waals surface area contributed by atoms with Gasteiger partial charge < -0.3 is 0 Å². The van der Waals surface area contributed by atoms with E-state index in [0.717, 1.165) is 23.5 Å². The highest BCUT2D eigenvalue weighted by Gasteiger charge is 2.30. The lowest BCUT2D eigenvalue weighted by molar-refractivity contribution is -0.137. The van der Waals surface area contributed by atoms with Crippen molar-refractivity contribution in [3.63, 3.8) is 0 Å². The maximum atomic E-state index is 12.6. The first kappa shape index (κ1) is 15.1. The quantitative estimate of drug-likeness (QED) is 0.727. The Morgan fingerprint density at radius 3 is 2.13 bits per heavy atom. The Morgan fingerprint density at radius 1 is 0.957 bits per heavy atom. The molecule has 0 bridgehead atoms. The molecule has 0 saturated carbocycles. The van der Waals surface area contributed by atoms with Gasteiger partial charge in [-0.05, 0) is 32.0 Å². The lowest BCUT2D eigenvalue weighted by atomic mass is 10.1. The van der Waals surface area contributed by atoms with Crippen LogP contribution in [0, 0.1) is 13.8 Å². The number of nitrogens with zero attached hydrogens (tertiary/aromatic N) is 5. The maximum absolute atomic E-state index is 12.6. The van der Waals surface area contributed by atoms with Gasteiger partial charge in [-0.3, -0.25) is 0 Å². The van der Waals surface area contributed by atoms with Crippen molar-refractivity contribution in [1.82, 2.24) is 25.0 Å². The normalized spacial score (nSPS) is 11.7. The Balaban J connectivity index is 1.92. The highest BCUT2D eigenvalue weighted by molar-refractivity contribution is 5.58. The maximum Gasteiger partial charge on any atom is 0.416 e. The van der Waals surface area contributed by atoms with Gasteiger partial charge in [0.2, 0.25) is 0 Å². The summed E-state index contributed by atoms with van der Waals surface area (Å²) in [5.74, 6) is 0.369. The first-order chi connectivity index (χ1) is 10.8. The minimum Gasteiger partial charge on any atom is -0.216 e. The third-order valence-corrected chi connectivity index (χ3v) is 3.18. The summed E-state index contributed by atoms with van der Waals surface area (Å²) in [6.45, 7) is 3.68. The molecule has 2 heterocycles. The van der Waals surface area contributed by atoms with Gasteiger partial charge in [0.15, 0.2) is 0 Å². The van der Waals surface area contributed by atoms with Crippen LogP contribution in [0.5, 0.6) is 0 Å². The second-order valence-corrected chi connectivity index (χ2v) is 5.07. The van der Waals surface area contributed by atoms with Gasteiger partial charge >= 0.3 is 6.18 Å². The number of aryl methyl sites for hydroxylation is 2. The average molecular weight is 319 g/mol. The van der Waals surface area contributed by atoms with Crippen LogP contribution < -0.4 is 0 Å². The van der Waals surface area contributed by atoms with Crippen molar-refractivity contribution in [3.8, 4) is 17.2 Å². The van der Waals surface area contributed by atoms with Gasteiger partial charge in [-0.2, -0.15) is 17.9 Å². The van der Waals surface area contributed by atoms with Gasteiger partial charge in [-0.15, -0.1) is 5.10 Å². The van der Waals surface area contributed by atoms with E-state index in [4.69, 9.17) is 0 Å². The van der Waals surface area contributed by atoms with Crippen molar-refractivity contribution in [1.29, 1.82) is 0 Å². The Hall–Kier alpha value is -2.77. The number of halogens is 3. The molecule has 8 heteroatoms. The number of benzene rings is 1. The van der Waals surface area contributed by atoms with Crippen LogP contribution in [0.2, 0.25) is 0 Å². The summed E-state index contributed by atoms with van der Waals surface area (Å²) >= 11 is 0. The summed E-state index contributed by atoms with van der Waals surface area (Å²) in [6.07, 6.45) is -2.78. The van der Waals surface area contributed by atoms with Crippen molar-refractivity contribution >= 4 is 0 Å². The molecule has 0 unspecified atom stereocenters. The summed E-state index contributed by atoms with van der Waals surface area (Å²) < 4.78 is 39.1. The van der Waals surface area contributed by atoms with Gasteiger partial charge in [0.1, 0.15) is 5.69 Å². The first-order valence-electron chi connectivity index (χ1n) is 6.75. The standard InChI is InChI=1S/C15H12F3N5/c1-9-7-10(2)20-14(19-9)23-8-13(21-22-23)11-3-5-12(6-4-11)15(16,17)18/h3-8H,1-2H3. The number of rotatable bonds is 2. The van der Waals surface area contributed by atoms with E-state index in [1.54, 1.807) is 6.20 Å². The number of alkyl halides is 3. The fraction of sp³-hybridized carbons (Fsp3) is 0.200. The summed E-state index contributed by atoms with van der Waals surface area (Å²) in [7, 11) is 0. The topological polar surface area (TPSA) is 56.5 Å². The van der Waals surface area contributed by atoms with Gasteiger partial charge in [-0.25, -0.2) is 9.97 Å². The Kier molecular flexibility index (Phi) is 3.59. The first-order valence-corrected chi connectivity index (χ1v) is 6.75. The minimum atomic E-state index is -4.36. The third-order valence-electron chi connectivity index (χ3n) is 3.18. The Bertz CT molecular complexity index is 817. The van der Waals surface area contributed by atoms with Crippen LogP contribution in [-0.2, 0) is 6.18 Å². The van der Waals surface area contributed by atoms with Crippen LogP contribution in [0.25, 0.3) is 17.2 Å². The van der Waals surface area contributed by atoms with E-state index < -0.39 is 11.7 Å². The van der Waals surface area contributed by atoms with Gasteiger partial charge in [0.25, 0.3) is 5.95 Å². The van der Waals surface area contributed by atoms with Crippen LogP contribution in [0.3, 0.4) is 0 Å². The van der Waals surface area contributed by atoms with E-state index in [9.17, 15) is 13.2 Å². The average Bonchev–Trinajstić information content (AvgIpc) is 2.95. The Labute approximate surface area is 129 Å². The summed E-state index contributed by atoms with van der Waals surface area (Å²) in [5, 5.41) is 7.90. The van der Waals surface area contributed by atoms with Crippen molar-refractivity contribution in [2.75, 3.05) is 0 Å². The predicted octanol–water partition coefficient (Wildman–Crippen LogP) is 3.36.